The average Bonchev–Trinajstić information content (AvgIpc) is 3.17. The van der Waals surface area contributed by atoms with Crippen molar-refractivity contribution in [3.8, 4) is 5.69 Å². The first-order valence-corrected chi connectivity index (χ1v) is 10.6. The molecule has 1 amide bonds. The van der Waals surface area contributed by atoms with Crippen LogP contribution in [0.4, 0.5) is 13.2 Å². The summed E-state index contributed by atoms with van der Waals surface area (Å²) in [7, 11) is 1.75. The van der Waals surface area contributed by atoms with Gasteiger partial charge in [-0.1, -0.05) is 37.1 Å². The van der Waals surface area contributed by atoms with Crippen molar-refractivity contribution in [3.05, 3.63) is 82.1 Å². The van der Waals surface area contributed by atoms with Gasteiger partial charge in [0.1, 0.15) is 0 Å². The fraction of sp³-hybridized carbons (Fsp3) is 0.304. The molecule has 0 aliphatic rings. The maximum atomic E-state index is 13.2. The molecule has 0 saturated heterocycles. The quantitative estimate of drug-likeness (QED) is 0.460. The number of hydrogen-bond donors (Lipinski definition) is 2. The third kappa shape index (κ3) is 5.49. The van der Waals surface area contributed by atoms with E-state index in [1.54, 1.807) is 42.1 Å². The number of rotatable bonds is 8. The maximum Gasteiger partial charge on any atom is 0.416 e. The molecule has 0 saturated carbocycles. The summed E-state index contributed by atoms with van der Waals surface area (Å²) in [6.07, 6.45) is -1.80. The maximum absolute atomic E-state index is 13.2. The van der Waals surface area contributed by atoms with Gasteiger partial charge in [-0.25, -0.2) is 4.68 Å². The Hall–Kier alpha value is -2.84. The summed E-state index contributed by atoms with van der Waals surface area (Å²) in [5.74, 6) is -0.397. The molecule has 2 N–H and O–H groups in total. The van der Waals surface area contributed by atoms with Crippen molar-refractivity contribution >= 4 is 17.5 Å². The minimum Gasteiger partial charge on any atom is -0.345 e. The van der Waals surface area contributed by atoms with E-state index in [2.05, 4.69) is 15.7 Å². The normalized spacial score (nSPS) is 12.6. The topological polar surface area (TPSA) is 59.0 Å². The molecule has 0 fully saturated rings. The fourth-order valence-electron chi connectivity index (χ4n) is 3.48. The van der Waals surface area contributed by atoms with Crippen LogP contribution in [0.3, 0.4) is 0 Å². The molecule has 32 heavy (non-hydrogen) atoms. The van der Waals surface area contributed by atoms with Crippen molar-refractivity contribution in [1.82, 2.24) is 20.4 Å². The molecular weight excluding hydrogens is 441 g/mol. The lowest BCUT2D eigenvalue weighted by molar-refractivity contribution is -0.137. The molecule has 1 heterocycles. The minimum absolute atomic E-state index is 0.349. The molecule has 5 nitrogen and oxygen atoms in total. The van der Waals surface area contributed by atoms with E-state index >= 15 is 0 Å². The van der Waals surface area contributed by atoms with Crippen LogP contribution < -0.4 is 10.6 Å². The van der Waals surface area contributed by atoms with Crippen molar-refractivity contribution in [2.24, 2.45) is 0 Å². The molecule has 1 atom stereocenters. The van der Waals surface area contributed by atoms with E-state index in [-0.39, 0.29) is 0 Å². The Morgan fingerprint density at radius 1 is 1.19 bits per heavy atom. The lowest BCUT2D eigenvalue weighted by Crippen LogP contribution is -2.30. The summed E-state index contributed by atoms with van der Waals surface area (Å²) >= 11 is 5.96. The summed E-state index contributed by atoms with van der Waals surface area (Å²) < 4.78 is 41.1. The van der Waals surface area contributed by atoms with Gasteiger partial charge in [-0.3, -0.25) is 4.79 Å². The summed E-state index contributed by atoms with van der Waals surface area (Å²) in [6, 6.07) is 11.5. The Bertz CT molecular complexity index is 1060. The van der Waals surface area contributed by atoms with Crippen LogP contribution in [-0.4, -0.2) is 22.7 Å². The first kappa shape index (κ1) is 23.8. The van der Waals surface area contributed by atoms with Gasteiger partial charge in [0.2, 0.25) is 0 Å². The van der Waals surface area contributed by atoms with Crippen LogP contribution >= 0.6 is 11.6 Å². The van der Waals surface area contributed by atoms with Crippen LogP contribution in [0.2, 0.25) is 5.02 Å². The van der Waals surface area contributed by atoms with Gasteiger partial charge in [0.25, 0.3) is 5.91 Å². The number of alkyl halides is 3. The van der Waals surface area contributed by atoms with E-state index in [4.69, 9.17) is 11.6 Å². The van der Waals surface area contributed by atoms with Gasteiger partial charge in [-0.05, 0) is 55.4 Å². The molecular formula is C23H24ClF3N4O. The summed E-state index contributed by atoms with van der Waals surface area (Å²) in [5.41, 5.74) is 1.39. The van der Waals surface area contributed by atoms with Crippen LogP contribution in [0.25, 0.3) is 5.69 Å². The lowest BCUT2D eigenvalue weighted by atomic mass is 9.99. The number of amides is 1. The Morgan fingerprint density at radius 2 is 1.91 bits per heavy atom. The highest BCUT2D eigenvalue weighted by Crippen LogP contribution is 2.31. The lowest BCUT2D eigenvalue weighted by Gasteiger charge is -2.20. The van der Waals surface area contributed by atoms with Crippen LogP contribution in [0, 0.1) is 0 Å². The smallest absolute Gasteiger partial charge is 0.345 e. The van der Waals surface area contributed by atoms with Crippen molar-refractivity contribution < 1.29 is 18.0 Å². The van der Waals surface area contributed by atoms with E-state index in [9.17, 15) is 18.0 Å². The summed E-state index contributed by atoms with van der Waals surface area (Å²) in [4.78, 5) is 13.1. The first-order valence-electron chi connectivity index (χ1n) is 10.2. The van der Waals surface area contributed by atoms with Gasteiger partial charge in [-0.2, -0.15) is 18.3 Å². The molecule has 0 aliphatic heterocycles. The van der Waals surface area contributed by atoms with Crippen LogP contribution in [0.15, 0.2) is 54.7 Å². The highest BCUT2D eigenvalue weighted by molar-refractivity contribution is 6.30. The zero-order valence-corrected chi connectivity index (χ0v) is 18.5. The molecule has 3 rings (SSSR count). The summed E-state index contributed by atoms with van der Waals surface area (Å²) in [6.45, 7) is 2.28. The molecule has 0 bridgehead atoms. The molecule has 170 valence electrons. The van der Waals surface area contributed by atoms with Gasteiger partial charge in [-0.15, -0.1) is 0 Å². The molecule has 1 aromatic heterocycles. The van der Waals surface area contributed by atoms with E-state index in [1.807, 2.05) is 6.92 Å². The average molecular weight is 465 g/mol. The second kappa shape index (κ2) is 10.2. The second-order valence-electron chi connectivity index (χ2n) is 7.36. The zero-order chi connectivity index (χ0) is 23.3. The van der Waals surface area contributed by atoms with Gasteiger partial charge in [0.15, 0.2) is 0 Å². The van der Waals surface area contributed by atoms with Crippen molar-refractivity contribution in [1.29, 1.82) is 0 Å². The molecule has 3 aromatic rings. The number of nitrogens with one attached hydrogen (secondary N) is 2. The van der Waals surface area contributed by atoms with Gasteiger partial charge >= 0.3 is 6.18 Å². The predicted octanol–water partition coefficient (Wildman–Crippen LogP) is 5.54. The molecule has 0 spiro atoms. The van der Waals surface area contributed by atoms with E-state index in [1.165, 1.54) is 12.3 Å². The van der Waals surface area contributed by atoms with Crippen LogP contribution in [0.1, 0.15) is 53.0 Å². The molecule has 2 aromatic carbocycles. The Kier molecular flexibility index (Phi) is 7.58. The van der Waals surface area contributed by atoms with E-state index < -0.39 is 23.7 Å². The number of carbonyl (C=O) groups excluding carboxylic acids is 1. The monoisotopic (exact) mass is 464 g/mol. The first-order chi connectivity index (χ1) is 15.2. The number of hydrogen-bond acceptors (Lipinski definition) is 3. The Balaban J connectivity index is 1.91. The molecule has 0 aliphatic carbocycles. The predicted molar refractivity (Wildman–Crippen MR) is 118 cm³/mol. The third-order valence-electron chi connectivity index (χ3n) is 5.03. The minimum atomic E-state index is -4.45. The number of carbonyl (C=O) groups is 1. The van der Waals surface area contributed by atoms with Crippen molar-refractivity contribution in [2.75, 3.05) is 7.05 Å². The second-order valence-corrected chi connectivity index (χ2v) is 7.80. The van der Waals surface area contributed by atoms with Crippen molar-refractivity contribution in [3.63, 3.8) is 0 Å². The van der Waals surface area contributed by atoms with Crippen LogP contribution in [-0.2, 0) is 12.7 Å². The molecule has 1 unspecified atom stereocenters. The number of nitrogens with zero attached hydrogens (tertiary/aromatic N) is 2. The summed E-state index contributed by atoms with van der Waals surface area (Å²) in [5, 5.41) is 10.9. The molecule has 0 radical (unpaired) electrons. The van der Waals surface area contributed by atoms with Gasteiger partial charge < -0.3 is 10.6 Å². The highest BCUT2D eigenvalue weighted by Gasteiger charge is 2.31. The SMILES string of the molecule is CCCC(NC(=O)c1cnn(-c2ccc(Cl)cc2)c1CNC)c1cccc(C(F)(F)F)c1. The van der Waals surface area contributed by atoms with E-state index in [0.717, 1.165) is 17.8 Å². The van der Waals surface area contributed by atoms with Gasteiger partial charge in [0, 0.05) is 11.6 Å². The molecule has 9 heteroatoms. The number of halogens is 4. The Morgan fingerprint density at radius 3 is 2.53 bits per heavy atom. The number of benzene rings is 2. The van der Waals surface area contributed by atoms with Crippen molar-refractivity contribution in [2.45, 2.75) is 38.5 Å². The van der Waals surface area contributed by atoms with E-state index in [0.29, 0.717) is 41.2 Å². The highest BCUT2D eigenvalue weighted by atomic mass is 35.5. The third-order valence-corrected chi connectivity index (χ3v) is 5.28. The number of aromatic nitrogens is 2. The Labute approximate surface area is 189 Å². The van der Waals surface area contributed by atoms with Crippen LogP contribution in [0.5, 0.6) is 0 Å². The largest absolute Gasteiger partial charge is 0.416 e. The standard InChI is InChI=1S/C23H24ClF3N4O/c1-3-5-20(15-6-4-7-16(12-15)23(25,26)27)30-22(32)19-13-29-31(21(19)14-28-2)18-10-8-17(24)9-11-18/h4,6-13,20,28H,3,5,14H2,1-2H3,(H,30,32). The van der Waals surface area contributed by atoms with Gasteiger partial charge in [0.05, 0.1) is 34.7 Å². The fourth-order valence-corrected chi connectivity index (χ4v) is 3.61. The zero-order valence-electron chi connectivity index (χ0n) is 17.7.